The highest BCUT2D eigenvalue weighted by Crippen LogP contribution is 2.27. The second-order valence-electron chi connectivity index (χ2n) is 6.33. The molecule has 0 aliphatic rings. The number of benzene rings is 2. The molecular weight excluding hydrogens is 360 g/mol. The summed E-state index contributed by atoms with van der Waals surface area (Å²) in [6.07, 6.45) is 2.76. The van der Waals surface area contributed by atoms with Crippen LogP contribution in [0.3, 0.4) is 0 Å². The average molecular weight is 388 g/mol. The fourth-order valence-corrected chi connectivity index (χ4v) is 2.57. The highest BCUT2D eigenvalue weighted by Gasteiger charge is 2.09. The first kappa shape index (κ1) is 23.0. The van der Waals surface area contributed by atoms with Crippen LogP contribution in [0.1, 0.15) is 55.1 Å². The molecule has 0 spiro atoms. The van der Waals surface area contributed by atoms with Crippen molar-refractivity contribution in [2.24, 2.45) is 0 Å². The smallest absolute Gasteiger partial charge is 0.335 e. The number of carboxylic acid groups (broad SMARTS) is 1. The van der Waals surface area contributed by atoms with Gasteiger partial charge < -0.3 is 24.9 Å². The van der Waals surface area contributed by atoms with Gasteiger partial charge in [-0.25, -0.2) is 4.79 Å². The lowest BCUT2D eigenvalue weighted by Crippen LogP contribution is -2.01. The number of phenols is 2. The summed E-state index contributed by atoms with van der Waals surface area (Å²) in [4.78, 5) is 21.5. The number of ether oxygens (including phenoxy) is 1. The van der Waals surface area contributed by atoms with Crippen LogP contribution in [0.25, 0.3) is 0 Å². The molecule has 0 saturated heterocycles. The summed E-state index contributed by atoms with van der Waals surface area (Å²) in [5.41, 5.74) is 1.97. The van der Waals surface area contributed by atoms with E-state index in [0.29, 0.717) is 37.2 Å². The Kier molecular flexibility index (Phi) is 9.57. The number of carbonyl (C=O) groups excluding carboxylic acids is 1. The standard InChI is InChI=1S/C12H16O3.C10H12O3/c1-3-15-12-8-10(5-4-9(2)13)6-7-11(12)14;1-2-3-7-6-8(11)4-5-9(7)10(12)13/h6-8,14H,3-5H2,1-2H3;4-6,11H,2-3H2,1H3,(H,12,13). The maximum Gasteiger partial charge on any atom is 0.335 e. The van der Waals surface area contributed by atoms with Crippen molar-refractivity contribution in [3.05, 3.63) is 53.1 Å². The molecule has 3 N–H and O–H groups in total. The van der Waals surface area contributed by atoms with Crippen molar-refractivity contribution in [3.63, 3.8) is 0 Å². The summed E-state index contributed by atoms with van der Waals surface area (Å²) in [5, 5.41) is 27.4. The molecule has 0 aliphatic carbocycles. The highest BCUT2D eigenvalue weighted by molar-refractivity contribution is 5.89. The zero-order valence-electron chi connectivity index (χ0n) is 16.6. The molecule has 0 saturated carbocycles. The third-order valence-electron chi connectivity index (χ3n) is 3.93. The zero-order valence-corrected chi connectivity index (χ0v) is 16.6. The van der Waals surface area contributed by atoms with E-state index in [1.807, 2.05) is 13.8 Å². The minimum absolute atomic E-state index is 0.119. The Bertz CT molecular complexity index is 798. The number of ketones is 1. The van der Waals surface area contributed by atoms with Crippen LogP contribution in [-0.2, 0) is 17.6 Å². The molecule has 0 amide bonds. The number of aromatic hydroxyl groups is 2. The monoisotopic (exact) mass is 388 g/mol. The van der Waals surface area contributed by atoms with Crippen molar-refractivity contribution in [3.8, 4) is 17.2 Å². The van der Waals surface area contributed by atoms with Crippen LogP contribution >= 0.6 is 0 Å². The maximum atomic E-state index is 10.8. The Hall–Kier alpha value is -3.02. The molecule has 28 heavy (non-hydrogen) atoms. The lowest BCUT2D eigenvalue weighted by molar-refractivity contribution is -0.116. The van der Waals surface area contributed by atoms with E-state index in [2.05, 4.69) is 0 Å². The number of carbonyl (C=O) groups is 2. The topological polar surface area (TPSA) is 104 Å². The number of rotatable bonds is 8. The van der Waals surface area contributed by atoms with Crippen LogP contribution in [0.5, 0.6) is 17.2 Å². The molecule has 0 radical (unpaired) electrons. The molecule has 0 fully saturated rings. The van der Waals surface area contributed by atoms with Crippen molar-refractivity contribution in [2.75, 3.05) is 6.61 Å². The number of hydrogen-bond acceptors (Lipinski definition) is 5. The normalized spacial score (nSPS) is 9.96. The van der Waals surface area contributed by atoms with E-state index in [1.54, 1.807) is 25.1 Å². The number of carboxylic acids is 1. The molecule has 0 aliphatic heterocycles. The van der Waals surface area contributed by atoms with E-state index >= 15 is 0 Å². The lowest BCUT2D eigenvalue weighted by Gasteiger charge is -2.07. The Labute approximate surface area is 165 Å². The van der Waals surface area contributed by atoms with Gasteiger partial charge in [-0.15, -0.1) is 0 Å². The van der Waals surface area contributed by atoms with Crippen LogP contribution in [0.2, 0.25) is 0 Å². The van der Waals surface area contributed by atoms with E-state index in [9.17, 15) is 14.7 Å². The number of hydrogen-bond donors (Lipinski definition) is 3. The van der Waals surface area contributed by atoms with E-state index in [-0.39, 0.29) is 22.8 Å². The van der Waals surface area contributed by atoms with Gasteiger partial charge >= 0.3 is 5.97 Å². The van der Waals surface area contributed by atoms with E-state index in [4.69, 9.17) is 14.9 Å². The van der Waals surface area contributed by atoms with Crippen molar-refractivity contribution < 1.29 is 29.6 Å². The molecule has 0 bridgehead atoms. The minimum Gasteiger partial charge on any atom is -0.508 e. The van der Waals surface area contributed by atoms with Crippen molar-refractivity contribution in [1.29, 1.82) is 0 Å². The molecule has 2 rings (SSSR count). The van der Waals surface area contributed by atoms with Crippen LogP contribution in [-0.4, -0.2) is 33.7 Å². The first-order chi connectivity index (χ1) is 13.3. The van der Waals surface area contributed by atoms with Gasteiger partial charge in [0.15, 0.2) is 11.5 Å². The molecule has 6 nitrogen and oxygen atoms in total. The highest BCUT2D eigenvalue weighted by atomic mass is 16.5. The van der Waals surface area contributed by atoms with Gasteiger partial charge in [0.05, 0.1) is 12.2 Å². The average Bonchev–Trinajstić information content (AvgIpc) is 2.63. The molecule has 2 aromatic carbocycles. The Morgan fingerprint density at radius 1 is 1.00 bits per heavy atom. The van der Waals surface area contributed by atoms with E-state index in [0.717, 1.165) is 12.0 Å². The van der Waals surface area contributed by atoms with E-state index in [1.165, 1.54) is 18.2 Å². The molecule has 6 heteroatoms. The third-order valence-corrected chi connectivity index (χ3v) is 3.93. The summed E-state index contributed by atoms with van der Waals surface area (Å²) in [6.45, 7) is 5.92. The van der Waals surface area contributed by atoms with Gasteiger partial charge in [-0.2, -0.15) is 0 Å². The Morgan fingerprint density at radius 3 is 2.29 bits per heavy atom. The number of phenolic OH excluding ortho intramolecular Hbond substituents is 2. The van der Waals surface area contributed by atoms with Crippen LogP contribution in [0, 0.1) is 0 Å². The lowest BCUT2D eigenvalue weighted by atomic mass is 10.0. The van der Waals surface area contributed by atoms with Crippen molar-refractivity contribution >= 4 is 11.8 Å². The second-order valence-corrected chi connectivity index (χ2v) is 6.33. The Balaban J connectivity index is 0.000000283. The molecule has 0 heterocycles. The van der Waals surface area contributed by atoms with Gasteiger partial charge in [-0.3, -0.25) is 0 Å². The molecule has 0 unspecified atom stereocenters. The molecule has 2 aromatic rings. The third kappa shape index (κ3) is 7.70. The summed E-state index contributed by atoms with van der Waals surface area (Å²) in [5.74, 6) is -0.0279. The van der Waals surface area contributed by atoms with E-state index < -0.39 is 5.97 Å². The second kappa shape index (κ2) is 11.6. The molecule has 0 atom stereocenters. The fourth-order valence-electron chi connectivity index (χ4n) is 2.57. The van der Waals surface area contributed by atoms with Gasteiger partial charge in [-0.1, -0.05) is 19.4 Å². The van der Waals surface area contributed by atoms with Crippen LogP contribution in [0.15, 0.2) is 36.4 Å². The first-order valence-corrected chi connectivity index (χ1v) is 9.27. The van der Waals surface area contributed by atoms with Crippen molar-refractivity contribution in [2.45, 2.75) is 46.5 Å². The maximum absolute atomic E-state index is 10.8. The first-order valence-electron chi connectivity index (χ1n) is 9.27. The van der Waals surface area contributed by atoms with Crippen LogP contribution in [0.4, 0.5) is 0 Å². The number of aromatic carboxylic acids is 1. The predicted octanol–water partition coefficient (Wildman–Crippen LogP) is 4.36. The van der Waals surface area contributed by atoms with Crippen LogP contribution < -0.4 is 4.74 Å². The van der Waals surface area contributed by atoms with Gasteiger partial charge in [0, 0.05) is 6.42 Å². The van der Waals surface area contributed by atoms with Gasteiger partial charge in [-0.05, 0) is 68.1 Å². The predicted molar refractivity (Wildman–Crippen MR) is 107 cm³/mol. The number of Topliss-reactive ketones (excluding diaryl/α,β-unsaturated/α-hetero) is 1. The summed E-state index contributed by atoms with van der Waals surface area (Å²) >= 11 is 0. The number of aryl methyl sites for hydroxylation is 2. The summed E-state index contributed by atoms with van der Waals surface area (Å²) in [7, 11) is 0. The fraction of sp³-hybridized carbons (Fsp3) is 0.364. The molecular formula is C22H28O6. The zero-order chi connectivity index (χ0) is 21.1. The van der Waals surface area contributed by atoms with Gasteiger partial charge in [0.25, 0.3) is 0 Å². The molecule has 0 aromatic heterocycles. The van der Waals surface area contributed by atoms with Crippen molar-refractivity contribution in [1.82, 2.24) is 0 Å². The van der Waals surface area contributed by atoms with Gasteiger partial charge in [0.2, 0.25) is 0 Å². The van der Waals surface area contributed by atoms with Gasteiger partial charge in [0.1, 0.15) is 11.5 Å². The quantitative estimate of drug-likeness (QED) is 0.621. The summed E-state index contributed by atoms with van der Waals surface area (Å²) < 4.78 is 5.25. The largest absolute Gasteiger partial charge is 0.508 e. The minimum atomic E-state index is -0.941. The Morgan fingerprint density at radius 2 is 1.71 bits per heavy atom. The SMILES string of the molecule is CCCc1cc(O)ccc1C(=O)O.CCOc1cc(CCC(C)=O)ccc1O. The summed E-state index contributed by atoms with van der Waals surface area (Å²) in [6, 6.07) is 9.52. The molecule has 152 valence electrons.